The highest BCUT2D eigenvalue weighted by Gasteiger charge is 2.24. The van der Waals surface area contributed by atoms with Crippen LogP contribution in [-0.4, -0.2) is 24.7 Å². The molecule has 2 atom stereocenters. The number of hydrogen-bond acceptors (Lipinski definition) is 3. The van der Waals surface area contributed by atoms with Crippen molar-refractivity contribution in [3.8, 4) is 0 Å². The van der Waals surface area contributed by atoms with E-state index in [0.29, 0.717) is 12.6 Å². The zero-order valence-electron chi connectivity index (χ0n) is 9.21. The fraction of sp³-hybridized carbons (Fsp3) is 0.909. The molecule has 0 unspecified atom stereocenters. The van der Waals surface area contributed by atoms with Crippen molar-refractivity contribution < 1.29 is 9.53 Å². The third-order valence-electron chi connectivity index (χ3n) is 2.64. The van der Waals surface area contributed by atoms with Crippen LogP contribution in [0.2, 0.25) is 0 Å². The number of esters is 1. The molecule has 0 saturated carbocycles. The van der Waals surface area contributed by atoms with Crippen molar-refractivity contribution in [1.29, 1.82) is 0 Å². The van der Waals surface area contributed by atoms with Gasteiger partial charge in [-0.05, 0) is 32.6 Å². The largest absolute Gasteiger partial charge is 0.465 e. The van der Waals surface area contributed by atoms with E-state index in [1.807, 2.05) is 0 Å². The molecule has 1 saturated heterocycles. The molecule has 82 valence electrons. The molecule has 1 aliphatic heterocycles. The predicted molar refractivity (Wildman–Crippen MR) is 56.1 cm³/mol. The van der Waals surface area contributed by atoms with Crippen LogP contribution in [0.25, 0.3) is 0 Å². The van der Waals surface area contributed by atoms with Crippen molar-refractivity contribution in [2.24, 2.45) is 0 Å². The fourth-order valence-electron chi connectivity index (χ4n) is 1.74. The smallest absolute Gasteiger partial charge is 0.323 e. The van der Waals surface area contributed by atoms with Gasteiger partial charge < -0.3 is 10.1 Å². The Bertz CT molecular complexity index is 182. The van der Waals surface area contributed by atoms with Gasteiger partial charge in [0.05, 0.1) is 6.61 Å². The van der Waals surface area contributed by atoms with E-state index in [0.717, 1.165) is 25.7 Å². The van der Waals surface area contributed by atoms with Crippen molar-refractivity contribution in [3.63, 3.8) is 0 Å². The first-order valence-electron chi connectivity index (χ1n) is 5.66. The lowest BCUT2D eigenvalue weighted by molar-refractivity contribution is -0.147. The molecule has 0 aliphatic carbocycles. The molecule has 0 aromatic rings. The van der Waals surface area contributed by atoms with Crippen LogP contribution in [0.3, 0.4) is 0 Å². The number of unbranched alkanes of at least 4 members (excludes halogenated alkanes) is 1. The van der Waals surface area contributed by atoms with Crippen LogP contribution in [0.4, 0.5) is 0 Å². The van der Waals surface area contributed by atoms with Crippen LogP contribution in [-0.2, 0) is 9.53 Å². The average molecular weight is 199 g/mol. The Morgan fingerprint density at radius 1 is 1.50 bits per heavy atom. The molecular formula is C11H21NO2. The van der Waals surface area contributed by atoms with E-state index in [-0.39, 0.29) is 12.0 Å². The lowest BCUT2D eigenvalue weighted by Crippen LogP contribution is -2.46. The second-order valence-electron chi connectivity index (χ2n) is 4.07. The minimum absolute atomic E-state index is 0.0596. The van der Waals surface area contributed by atoms with Gasteiger partial charge in [-0.2, -0.15) is 0 Å². The van der Waals surface area contributed by atoms with Crippen molar-refractivity contribution in [3.05, 3.63) is 0 Å². The molecule has 0 spiro atoms. The van der Waals surface area contributed by atoms with E-state index >= 15 is 0 Å². The maximum Gasteiger partial charge on any atom is 0.323 e. The summed E-state index contributed by atoms with van der Waals surface area (Å²) in [6.07, 6.45) is 5.26. The summed E-state index contributed by atoms with van der Waals surface area (Å²) in [6, 6.07) is 0.392. The number of piperidine rings is 1. The Balaban J connectivity index is 2.22. The Kier molecular flexibility index (Phi) is 4.94. The van der Waals surface area contributed by atoms with Crippen LogP contribution in [0.15, 0.2) is 0 Å². The summed E-state index contributed by atoms with van der Waals surface area (Å²) >= 11 is 0. The first kappa shape index (κ1) is 11.5. The fourth-order valence-corrected chi connectivity index (χ4v) is 1.74. The maximum atomic E-state index is 11.5. The topological polar surface area (TPSA) is 38.3 Å². The third kappa shape index (κ3) is 3.66. The molecule has 0 amide bonds. The van der Waals surface area contributed by atoms with Gasteiger partial charge in [-0.25, -0.2) is 0 Å². The van der Waals surface area contributed by atoms with E-state index in [4.69, 9.17) is 4.74 Å². The summed E-state index contributed by atoms with van der Waals surface area (Å²) in [5.74, 6) is -0.0648. The number of carbonyl (C=O) groups excluding carboxylic acids is 1. The SMILES string of the molecule is CCCCOC(=O)[C@@H]1CCC[C@H](C)N1. The van der Waals surface area contributed by atoms with Crippen molar-refractivity contribution in [2.75, 3.05) is 6.61 Å². The van der Waals surface area contributed by atoms with Crippen LogP contribution < -0.4 is 5.32 Å². The lowest BCUT2D eigenvalue weighted by Gasteiger charge is -2.27. The van der Waals surface area contributed by atoms with E-state index in [1.54, 1.807) is 0 Å². The zero-order valence-corrected chi connectivity index (χ0v) is 9.21. The Hall–Kier alpha value is -0.570. The standard InChI is InChI=1S/C11H21NO2/c1-3-4-8-14-11(13)10-7-5-6-9(2)12-10/h9-10,12H,3-8H2,1-2H3/t9-,10-/m0/s1. The maximum absolute atomic E-state index is 11.5. The van der Waals surface area contributed by atoms with Gasteiger partial charge in [0.2, 0.25) is 0 Å². The lowest BCUT2D eigenvalue weighted by atomic mass is 10.00. The normalized spacial score (nSPS) is 27.3. The molecule has 0 aromatic carbocycles. The minimum Gasteiger partial charge on any atom is -0.465 e. The zero-order chi connectivity index (χ0) is 10.4. The Morgan fingerprint density at radius 3 is 2.93 bits per heavy atom. The molecule has 0 radical (unpaired) electrons. The van der Waals surface area contributed by atoms with E-state index in [1.165, 1.54) is 6.42 Å². The van der Waals surface area contributed by atoms with Gasteiger partial charge in [-0.15, -0.1) is 0 Å². The molecule has 3 nitrogen and oxygen atoms in total. The molecule has 3 heteroatoms. The van der Waals surface area contributed by atoms with Crippen molar-refractivity contribution >= 4 is 5.97 Å². The van der Waals surface area contributed by atoms with Gasteiger partial charge >= 0.3 is 5.97 Å². The van der Waals surface area contributed by atoms with Crippen LogP contribution in [0.1, 0.15) is 46.0 Å². The summed E-state index contributed by atoms with van der Waals surface area (Å²) in [6.45, 7) is 4.78. The van der Waals surface area contributed by atoms with Crippen LogP contribution in [0, 0.1) is 0 Å². The van der Waals surface area contributed by atoms with Crippen molar-refractivity contribution in [1.82, 2.24) is 5.32 Å². The van der Waals surface area contributed by atoms with Crippen molar-refractivity contribution in [2.45, 2.75) is 58.0 Å². The summed E-state index contributed by atoms with van der Waals surface area (Å²) in [5.41, 5.74) is 0. The number of ether oxygens (including phenoxy) is 1. The number of carbonyl (C=O) groups is 1. The highest BCUT2D eigenvalue weighted by molar-refractivity contribution is 5.75. The Morgan fingerprint density at radius 2 is 2.29 bits per heavy atom. The van der Waals surface area contributed by atoms with Gasteiger partial charge in [-0.1, -0.05) is 13.3 Å². The second kappa shape index (κ2) is 6.02. The molecule has 1 N–H and O–H groups in total. The van der Waals surface area contributed by atoms with Gasteiger partial charge in [0, 0.05) is 6.04 Å². The average Bonchev–Trinajstić information content (AvgIpc) is 2.18. The summed E-state index contributed by atoms with van der Waals surface area (Å²) < 4.78 is 5.17. The summed E-state index contributed by atoms with van der Waals surface area (Å²) in [7, 11) is 0. The van der Waals surface area contributed by atoms with E-state index in [9.17, 15) is 4.79 Å². The van der Waals surface area contributed by atoms with Gasteiger partial charge in [0.1, 0.15) is 6.04 Å². The summed E-state index contributed by atoms with van der Waals surface area (Å²) in [4.78, 5) is 11.5. The van der Waals surface area contributed by atoms with Crippen LogP contribution >= 0.6 is 0 Å². The molecule has 1 fully saturated rings. The first-order chi connectivity index (χ1) is 6.74. The van der Waals surface area contributed by atoms with E-state index in [2.05, 4.69) is 19.2 Å². The molecule has 0 aromatic heterocycles. The molecule has 0 bridgehead atoms. The number of rotatable bonds is 4. The number of hydrogen-bond donors (Lipinski definition) is 1. The quantitative estimate of drug-likeness (QED) is 0.555. The van der Waals surface area contributed by atoms with Crippen LogP contribution in [0.5, 0.6) is 0 Å². The number of nitrogens with one attached hydrogen (secondary N) is 1. The third-order valence-corrected chi connectivity index (χ3v) is 2.64. The summed E-state index contributed by atoms with van der Waals surface area (Å²) in [5, 5.41) is 3.27. The molecule has 1 rings (SSSR count). The molecule has 14 heavy (non-hydrogen) atoms. The van der Waals surface area contributed by atoms with Gasteiger partial charge in [0.25, 0.3) is 0 Å². The molecule has 1 aliphatic rings. The molecular weight excluding hydrogens is 178 g/mol. The molecule has 1 heterocycles. The van der Waals surface area contributed by atoms with Gasteiger partial charge in [0.15, 0.2) is 0 Å². The van der Waals surface area contributed by atoms with E-state index < -0.39 is 0 Å². The highest BCUT2D eigenvalue weighted by atomic mass is 16.5. The first-order valence-corrected chi connectivity index (χ1v) is 5.66. The van der Waals surface area contributed by atoms with Gasteiger partial charge in [-0.3, -0.25) is 4.79 Å². The highest BCUT2D eigenvalue weighted by Crippen LogP contribution is 2.13. The monoisotopic (exact) mass is 199 g/mol. The second-order valence-corrected chi connectivity index (χ2v) is 4.07. The minimum atomic E-state index is -0.0648. The Labute approximate surface area is 86.2 Å². The predicted octanol–water partition coefficient (Wildman–Crippen LogP) is 1.86.